The molecule has 18 heavy (non-hydrogen) atoms. The molecule has 1 nitrogen and oxygen atoms in total. The first-order valence-electron chi connectivity index (χ1n) is 6.63. The zero-order valence-electron chi connectivity index (χ0n) is 10.2. The molecule has 2 atom stereocenters. The average molecular weight is 267 g/mol. The van der Waals surface area contributed by atoms with Crippen LogP contribution >= 0.6 is 11.6 Å². The Bertz CT molecular complexity index is 473. The summed E-state index contributed by atoms with van der Waals surface area (Å²) in [5.41, 5.74) is 0.480. The van der Waals surface area contributed by atoms with Crippen molar-refractivity contribution < 1.29 is 9.18 Å². The highest BCUT2D eigenvalue weighted by Gasteiger charge is 2.53. The van der Waals surface area contributed by atoms with E-state index >= 15 is 0 Å². The van der Waals surface area contributed by atoms with Crippen LogP contribution in [0, 0.1) is 23.6 Å². The van der Waals surface area contributed by atoms with E-state index in [-0.39, 0.29) is 23.9 Å². The Balaban J connectivity index is 1.68. The number of hydrogen-bond acceptors (Lipinski definition) is 1. The summed E-state index contributed by atoms with van der Waals surface area (Å²) in [7, 11) is 0. The van der Waals surface area contributed by atoms with Crippen molar-refractivity contribution in [2.45, 2.75) is 32.1 Å². The number of carbonyl (C=O) groups is 1. The van der Waals surface area contributed by atoms with Crippen LogP contribution in [-0.4, -0.2) is 5.78 Å². The van der Waals surface area contributed by atoms with Gasteiger partial charge in [0, 0.05) is 17.4 Å². The second-order valence-corrected chi connectivity index (χ2v) is 5.95. The maximum Gasteiger partial charge on any atom is 0.141 e. The van der Waals surface area contributed by atoms with E-state index in [2.05, 4.69) is 0 Å². The van der Waals surface area contributed by atoms with Gasteiger partial charge in [0.2, 0.25) is 0 Å². The normalized spacial score (nSPS) is 29.8. The largest absolute Gasteiger partial charge is 0.299 e. The van der Waals surface area contributed by atoms with Crippen LogP contribution in [0.4, 0.5) is 4.39 Å². The molecule has 0 bridgehead atoms. The summed E-state index contributed by atoms with van der Waals surface area (Å²) in [4.78, 5) is 12.2. The lowest BCUT2D eigenvalue weighted by Crippen LogP contribution is -2.08. The highest BCUT2D eigenvalue weighted by molar-refractivity contribution is 6.30. The van der Waals surface area contributed by atoms with Crippen molar-refractivity contribution in [1.29, 1.82) is 0 Å². The van der Waals surface area contributed by atoms with Crippen LogP contribution in [0.5, 0.6) is 0 Å². The Morgan fingerprint density at radius 1 is 1.28 bits per heavy atom. The fourth-order valence-corrected chi connectivity index (χ4v) is 3.60. The minimum Gasteiger partial charge on any atom is -0.299 e. The van der Waals surface area contributed by atoms with Crippen LogP contribution in [0.3, 0.4) is 0 Å². The van der Waals surface area contributed by atoms with E-state index in [1.54, 1.807) is 12.1 Å². The van der Waals surface area contributed by atoms with Crippen LogP contribution in [0.15, 0.2) is 18.2 Å². The van der Waals surface area contributed by atoms with E-state index in [0.29, 0.717) is 22.4 Å². The number of halogens is 2. The summed E-state index contributed by atoms with van der Waals surface area (Å²) in [5, 5.41) is 0.379. The van der Waals surface area contributed by atoms with Gasteiger partial charge in [-0.3, -0.25) is 4.79 Å². The van der Waals surface area contributed by atoms with Gasteiger partial charge in [-0.05, 0) is 42.4 Å². The molecule has 1 aromatic carbocycles. The highest BCUT2D eigenvalue weighted by atomic mass is 35.5. The molecule has 2 unspecified atom stereocenters. The monoisotopic (exact) mass is 266 g/mol. The maximum atomic E-state index is 13.6. The van der Waals surface area contributed by atoms with Crippen LogP contribution in [-0.2, 0) is 11.2 Å². The number of fused-ring (bicyclic) bond motifs is 1. The van der Waals surface area contributed by atoms with Gasteiger partial charge in [-0.25, -0.2) is 4.39 Å². The quantitative estimate of drug-likeness (QED) is 0.807. The highest BCUT2D eigenvalue weighted by Crippen LogP contribution is 2.56. The third-order valence-corrected chi connectivity index (χ3v) is 4.64. The fraction of sp³-hybridized carbons (Fsp3) is 0.533. The molecule has 0 spiro atoms. The molecule has 2 aliphatic carbocycles. The number of ketones is 1. The predicted molar refractivity (Wildman–Crippen MR) is 69.1 cm³/mol. The molecule has 0 N–H and O–H groups in total. The Morgan fingerprint density at radius 3 is 2.56 bits per heavy atom. The summed E-state index contributed by atoms with van der Waals surface area (Å²) in [6, 6.07) is 4.55. The van der Waals surface area contributed by atoms with E-state index in [4.69, 9.17) is 11.6 Å². The molecule has 2 saturated carbocycles. The van der Waals surface area contributed by atoms with Gasteiger partial charge in [0.1, 0.15) is 11.6 Å². The molecule has 0 aromatic heterocycles. The third-order valence-electron chi connectivity index (χ3n) is 4.41. The van der Waals surface area contributed by atoms with Crippen LogP contribution in [0.25, 0.3) is 0 Å². The van der Waals surface area contributed by atoms with Gasteiger partial charge >= 0.3 is 0 Å². The smallest absolute Gasteiger partial charge is 0.141 e. The van der Waals surface area contributed by atoms with Crippen molar-refractivity contribution in [2.24, 2.45) is 17.8 Å². The minimum absolute atomic E-state index is 0.211. The third kappa shape index (κ3) is 2.18. The van der Waals surface area contributed by atoms with Gasteiger partial charge < -0.3 is 0 Å². The van der Waals surface area contributed by atoms with Gasteiger partial charge in [-0.15, -0.1) is 0 Å². The zero-order valence-corrected chi connectivity index (χ0v) is 10.9. The summed E-state index contributed by atoms with van der Waals surface area (Å²) < 4.78 is 13.6. The lowest BCUT2D eigenvalue weighted by atomic mass is 10.0. The number of carbonyl (C=O) groups excluding carboxylic acids is 1. The molecule has 0 saturated heterocycles. The Morgan fingerprint density at radius 2 is 1.94 bits per heavy atom. The van der Waals surface area contributed by atoms with Gasteiger partial charge in [0.25, 0.3) is 0 Å². The predicted octanol–water partition coefficient (Wildman–Crippen LogP) is 4.03. The molecule has 0 aliphatic heterocycles. The van der Waals surface area contributed by atoms with Crippen molar-refractivity contribution in [1.82, 2.24) is 0 Å². The average Bonchev–Trinajstić information content (AvgIpc) is 3.07. The van der Waals surface area contributed by atoms with Crippen LogP contribution in [0.2, 0.25) is 5.02 Å². The van der Waals surface area contributed by atoms with Gasteiger partial charge in [0.15, 0.2) is 0 Å². The summed E-state index contributed by atoms with van der Waals surface area (Å²) >= 11 is 5.70. The van der Waals surface area contributed by atoms with E-state index in [1.165, 1.54) is 31.7 Å². The molecule has 2 aliphatic rings. The van der Waals surface area contributed by atoms with Gasteiger partial charge in [-0.1, -0.05) is 30.5 Å². The molecular weight excluding hydrogens is 251 g/mol. The Kier molecular flexibility index (Phi) is 3.14. The number of benzene rings is 1. The second-order valence-electron chi connectivity index (χ2n) is 5.52. The second kappa shape index (κ2) is 4.65. The lowest BCUT2D eigenvalue weighted by Gasteiger charge is -2.04. The molecule has 0 amide bonds. The first-order valence-corrected chi connectivity index (χ1v) is 7.01. The molecular formula is C15H16ClFO. The summed E-state index contributed by atoms with van der Waals surface area (Å²) in [6.45, 7) is 0. The zero-order chi connectivity index (χ0) is 12.7. The van der Waals surface area contributed by atoms with E-state index in [1.807, 2.05) is 0 Å². The molecule has 3 rings (SSSR count). The number of Topliss-reactive ketones (excluding diaryl/α,β-unsaturated/α-hetero) is 1. The van der Waals surface area contributed by atoms with Gasteiger partial charge in [-0.2, -0.15) is 0 Å². The van der Waals surface area contributed by atoms with Crippen molar-refractivity contribution in [3.05, 3.63) is 34.6 Å². The van der Waals surface area contributed by atoms with Crippen molar-refractivity contribution in [2.75, 3.05) is 0 Å². The van der Waals surface area contributed by atoms with Crippen LogP contribution < -0.4 is 0 Å². The SMILES string of the molecule is O=C(Cc1ccc(Cl)cc1F)C1C2CCCCC21. The van der Waals surface area contributed by atoms with E-state index in [9.17, 15) is 9.18 Å². The molecule has 0 heterocycles. The lowest BCUT2D eigenvalue weighted by molar-refractivity contribution is -0.120. The summed E-state index contributed by atoms with van der Waals surface area (Å²) in [6.07, 6.45) is 5.09. The number of rotatable bonds is 3. The molecule has 2 fully saturated rings. The van der Waals surface area contributed by atoms with E-state index in [0.717, 1.165) is 0 Å². The number of hydrogen-bond donors (Lipinski definition) is 0. The molecule has 3 heteroatoms. The van der Waals surface area contributed by atoms with Crippen LogP contribution in [0.1, 0.15) is 31.2 Å². The molecule has 96 valence electrons. The van der Waals surface area contributed by atoms with Crippen molar-refractivity contribution in [3.8, 4) is 0 Å². The molecule has 0 radical (unpaired) electrons. The topological polar surface area (TPSA) is 17.1 Å². The Labute approximate surface area is 111 Å². The first kappa shape index (κ1) is 12.2. The standard InChI is InChI=1S/C15H16ClFO/c16-10-6-5-9(13(17)8-10)7-14(18)15-11-3-1-2-4-12(11)15/h5-6,8,11-12,15H,1-4,7H2. The Hall–Kier alpha value is -0.890. The van der Waals surface area contributed by atoms with E-state index < -0.39 is 0 Å². The maximum absolute atomic E-state index is 13.6. The first-order chi connectivity index (χ1) is 8.66. The van der Waals surface area contributed by atoms with Crippen molar-refractivity contribution >= 4 is 17.4 Å². The molecule has 1 aromatic rings. The van der Waals surface area contributed by atoms with Crippen molar-refractivity contribution in [3.63, 3.8) is 0 Å². The fourth-order valence-electron chi connectivity index (χ4n) is 3.44. The summed E-state index contributed by atoms with van der Waals surface area (Å²) in [5.74, 6) is 1.26. The van der Waals surface area contributed by atoms with Gasteiger partial charge in [0.05, 0.1) is 0 Å². The minimum atomic E-state index is -0.362.